The minimum Gasteiger partial charge on any atom is -0.330 e. The second-order valence-electron chi connectivity index (χ2n) is 6.18. The molecule has 3 heteroatoms. The van der Waals surface area contributed by atoms with Crippen molar-refractivity contribution in [3.8, 4) is 11.4 Å². The molecule has 0 saturated heterocycles. The Bertz CT molecular complexity index is 559. The van der Waals surface area contributed by atoms with E-state index in [4.69, 9.17) is 5.73 Å². The number of hydrogen-bond donors (Lipinski definition) is 1. The van der Waals surface area contributed by atoms with E-state index in [1.54, 1.807) is 0 Å². The van der Waals surface area contributed by atoms with E-state index in [2.05, 4.69) is 61.5 Å². The first kappa shape index (κ1) is 14.8. The summed E-state index contributed by atoms with van der Waals surface area (Å²) in [6, 6.07) is 8.74. The van der Waals surface area contributed by atoms with Crippen LogP contribution in [0.1, 0.15) is 39.0 Å². The van der Waals surface area contributed by atoms with Gasteiger partial charge in [-0.05, 0) is 24.4 Å². The molecule has 108 valence electrons. The van der Waals surface area contributed by atoms with Crippen molar-refractivity contribution in [3.63, 3.8) is 0 Å². The zero-order valence-corrected chi connectivity index (χ0v) is 13.0. The highest BCUT2D eigenvalue weighted by Crippen LogP contribution is 2.26. The first-order valence-electron chi connectivity index (χ1n) is 7.32. The summed E-state index contributed by atoms with van der Waals surface area (Å²) in [5, 5.41) is 0. The van der Waals surface area contributed by atoms with Crippen molar-refractivity contribution in [2.75, 3.05) is 6.54 Å². The third kappa shape index (κ3) is 2.93. The molecule has 0 aliphatic rings. The number of imidazole rings is 1. The monoisotopic (exact) mass is 271 g/mol. The minimum absolute atomic E-state index is 0.184. The fourth-order valence-electron chi connectivity index (χ4n) is 2.46. The fourth-order valence-corrected chi connectivity index (χ4v) is 2.46. The molecule has 0 bridgehead atoms. The molecule has 1 aromatic heterocycles. The number of hydrogen-bond acceptors (Lipinski definition) is 2. The Morgan fingerprint density at radius 2 is 1.80 bits per heavy atom. The maximum absolute atomic E-state index is 5.66. The van der Waals surface area contributed by atoms with E-state index >= 15 is 0 Å². The average molecular weight is 271 g/mol. The zero-order valence-electron chi connectivity index (χ0n) is 13.0. The lowest BCUT2D eigenvalue weighted by molar-refractivity contribution is 0.590. The molecule has 0 aliphatic heterocycles. The Kier molecular flexibility index (Phi) is 4.29. The summed E-state index contributed by atoms with van der Waals surface area (Å²) in [5.74, 6) is 1.04. The second kappa shape index (κ2) is 5.80. The van der Waals surface area contributed by atoms with E-state index in [9.17, 15) is 0 Å². The highest BCUT2D eigenvalue weighted by molar-refractivity contribution is 5.57. The van der Waals surface area contributed by atoms with Crippen molar-refractivity contribution >= 4 is 0 Å². The molecule has 1 aromatic carbocycles. The predicted molar refractivity (Wildman–Crippen MR) is 84.8 cm³/mol. The molecular formula is C17H25N3. The van der Waals surface area contributed by atoms with Gasteiger partial charge in [-0.1, -0.05) is 45.0 Å². The van der Waals surface area contributed by atoms with Crippen LogP contribution in [-0.2, 0) is 18.4 Å². The fraction of sp³-hybridized carbons (Fsp3) is 0.471. The SMILES string of the molecule is CCn1c(CCN)cnc1-c1ccc(C(C)(C)C)cc1. The van der Waals surface area contributed by atoms with Crippen LogP contribution in [0.25, 0.3) is 11.4 Å². The van der Waals surface area contributed by atoms with Gasteiger partial charge in [-0.2, -0.15) is 0 Å². The Morgan fingerprint density at radius 3 is 2.30 bits per heavy atom. The standard InChI is InChI=1S/C17H25N3/c1-5-20-15(10-11-18)12-19-16(20)13-6-8-14(9-7-13)17(2,3)4/h6-9,12H,5,10-11,18H2,1-4H3. The molecule has 2 N–H and O–H groups in total. The van der Waals surface area contributed by atoms with Gasteiger partial charge < -0.3 is 10.3 Å². The van der Waals surface area contributed by atoms with Crippen LogP contribution in [0.15, 0.2) is 30.5 Å². The van der Waals surface area contributed by atoms with E-state index in [0.29, 0.717) is 6.54 Å². The first-order valence-corrected chi connectivity index (χ1v) is 7.32. The van der Waals surface area contributed by atoms with E-state index in [1.807, 2.05) is 6.20 Å². The molecule has 0 saturated carbocycles. The van der Waals surface area contributed by atoms with Gasteiger partial charge in [-0.25, -0.2) is 4.98 Å². The minimum atomic E-state index is 0.184. The molecule has 0 radical (unpaired) electrons. The van der Waals surface area contributed by atoms with Crippen molar-refractivity contribution in [1.82, 2.24) is 9.55 Å². The molecule has 0 aliphatic carbocycles. The molecule has 0 amide bonds. The van der Waals surface area contributed by atoms with Crippen molar-refractivity contribution in [3.05, 3.63) is 41.7 Å². The quantitative estimate of drug-likeness (QED) is 0.926. The van der Waals surface area contributed by atoms with Gasteiger partial charge in [0.15, 0.2) is 0 Å². The number of nitrogens with zero attached hydrogens (tertiary/aromatic N) is 2. The van der Waals surface area contributed by atoms with Gasteiger partial charge in [-0.15, -0.1) is 0 Å². The summed E-state index contributed by atoms with van der Waals surface area (Å²) in [5.41, 5.74) is 9.57. The Labute approximate surface area is 121 Å². The van der Waals surface area contributed by atoms with Gasteiger partial charge >= 0.3 is 0 Å². The van der Waals surface area contributed by atoms with E-state index < -0.39 is 0 Å². The molecule has 0 unspecified atom stereocenters. The van der Waals surface area contributed by atoms with Crippen LogP contribution in [0, 0.1) is 0 Å². The zero-order chi connectivity index (χ0) is 14.8. The van der Waals surface area contributed by atoms with Gasteiger partial charge in [0.25, 0.3) is 0 Å². The van der Waals surface area contributed by atoms with Crippen LogP contribution in [0.5, 0.6) is 0 Å². The first-order chi connectivity index (χ1) is 9.47. The van der Waals surface area contributed by atoms with Crippen molar-refractivity contribution in [2.24, 2.45) is 5.73 Å². The third-order valence-corrected chi connectivity index (χ3v) is 3.66. The predicted octanol–water partition coefficient (Wildman–Crippen LogP) is 3.37. The summed E-state index contributed by atoms with van der Waals surface area (Å²) in [4.78, 5) is 4.58. The number of aromatic nitrogens is 2. The summed E-state index contributed by atoms with van der Waals surface area (Å²) >= 11 is 0. The Hall–Kier alpha value is -1.61. The second-order valence-corrected chi connectivity index (χ2v) is 6.18. The molecule has 2 rings (SSSR count). The van der Waals surface area contributed by atoms with Crippen LogP contribution in [0.2, 0.25) is 0 Å². The van der Waals surface area contributed by atoms with Gasteiger partial charge in [0.05, 0.1) is 0 Å². The average Bonchev–Trinajstić information content (AvgIpc) is 2.81. The summed E-state index contributed by atoms with van der Waals surface area (Å²) < 4.78 is 2.25. The van der Waals surface area contributed by atoms with Crippen LogP contribution < -0.4 is 5.73 Å². The molecule has 1 heterocycles. The van der Waals surface area contributed by atoms with Gasteiger partial charge in [0, 0.05) is 30.4 Å². The Morgan fingerprint density at radius 1 is 1.15 bits per heavy atom. The highest BCUT2D eigenvalue weighted by atomic mass is 15.1. The molecular weight excluding hydrogens is 246 g/mol. The highest BCUT2D eigenvalue weighted by Gasteiger charge is 2.15. The molecule has 2 aromatic rings. The lowest BCUT2D eigenvalue weighted by Gasteiger charge is -2.19. The lowest BCUT2D eigenvalue weighted by Crippen LogP contribution is -2.11. The van der Waals surface area contributed by atoms with Crippen LogP contribution >= 0.6 is 0 Å². The van der Waals surface area contributed by atoms with Gasteiger partial charge in [0.2, 0.25) is 0 Å². The largest absolute Gasteiger partial charge is 0.330 e. The molecule has 0 spiro atoms. The van der Waals surface area contributed by atoms with Crippen LogP contribution in [-0.4, -0.2) is 16.1 Å². The van der Waals surface area contributed by atoms with Crippen LogP contribution in [0.3, 0.4) is 0 Å². The molecule has 0 atom stereocenters. The third-order valence-electron chi connectivity index (χ3n) is 3.66. The van der Waals surface area contributed by atoms with E-state index in [-0.39, 0.29) is 5.41 Å². The Balaban J connectivity index is 2.37. The summed E-state index contributed by atoms with van der Waals surface area (Å²) in [6.07, 6.45) is 2.82. The summed E-state index contributed by atoms with van der Waals surface area (Å²) in [6.45, 7) is 10.4. The van der Waals surface area contributed by atoms with Gasteiger partial charge in [0.1, 0.15) is 5.82 Å². The smallest absolute Gasteiger partial charge is 0.140 e. The normalized spacial score (nSPS) is 11.8. The van der Waals surface area contributed by atoms with Crippen molar-refractivity contribution in [2.45, 2.75) is 46.1 Å². The van der Waals surface area contributed by atoms with E-state index in [1.165, 1.54) is 16.8 Å². The van der Waals surface area contributed by atoms with E-state index in [0.717, 1.165) is 18.8 Å². The molecule has 3 nitrogen and oxygen atoms in total. The number of nitrogens with two attached hydrogens (primary N) is 1. The molecule has 20 heavy (non-hydrogen) atoms. The van der Waals surface area contributed by atoms with Gasteiger partial charge in [-0.3, -0.25) is 0 Å². The number of rotatable bonds is 4. The maximum Gasteiger partial charge on any atom is 0.140 e. The van der Waals surface area contributed by atoms with Crippen LogP contribution in [0.4, 0.5) is 0 Å². The lowest BCUT2D eigenvalue weighted by atomic mass is 9.87. The molecule has 0 fully saturated rings. The van der Waals surface area contributed by atoms with Crippen molar-refractivity contribution < 1.29 is 0 Å². The van der Waals surface area contributed by atoms with Crippen molar-refractivity contribution in [1.29, 1.82) is 0 Å². The maximum atomic E-state index is 5.66. The topological polar surface area (TPSA) is 43.8 Å². The number of benzene rings is 1. The summed E-state index contributed by atoms with van der Waals surface area (Å²) in [7, 11) is 0.